The highest BCUT2D eigenvalue weighted by Crippen LogP contribution is 2.11. The molecule has 1 aromatic rings. The molecule has 1 atom stereocenters. The zero-order valence-corrected chi connectivity index (χ0v) is 8.46. The molecule has 1 aromatic carbocycles. The lowest BCUT2D eigenvalue weighted by Gasteiger charge is -2.10. The monoisotopic (exact) mass is 208 g/mol. The lowest BCUT2D eigenvalue weighted by atomic mass is 10.1. The number of anilines is 1. The zero-order chi connectivity index (χ0) is 11.4. The molecule has 3 N–H and O–H groups in total. The SMILES string of the molecule is C=CC(C)NC(=O)c1cc(N)ccc1F. The van der Waals surface area contributed by atoms with Crippen LogP contribution in [0.2, 0.25) is 0 Å². The van der Waals surface area contributed by atoms with Crippen LogP contribution in [0.5, 0.6) is 0 Å². The van der Waals surface area contributed by atoms with Crippen LogP contribution in [0, 0.1) is 5.82 Å². The van der Waals surface area contributed by atoms with Crippen molar-refractivity contribution in [2.24, 2.45) is 0 Å². The Labute approximate surface area is 87.8 Å². The summed E-state index contributed by atoms with van der Waals surface area (Å²) in [5.74, 6) is -1.08. The Bertz CT molecular complexity index is 390. The Morgan fingerprint density at radius 3 is 2.93 bits per heavy atom. The molecule has 0 saturated heterocycles. The van der Waals surface area contributed by atoms with Crippen LogP contribution < -0.4 is 11.1 Å². The van der Waals surface area contributed by atoms with E-state index in [1.54, 1.807) is 13.0 Å². The summed E-state index contributed by atoms with van der Waals surface area (Å²) in [4.78, 5) is 11.5. The lowest BCUT2D eigenvalue weighted by Crippen LogP contribution is -2.31. The van der Waals surface area contributed by atoms with Gasteiger partial charge in [-0.1, -0.05) is 6.08 Å². The van der Waals surface area contributed by atoms with Gasteiger partial charge >= 0.3 is 0 Å². The summed E-state index contributed by atoms with van der Waals surface area (Å²) in [6, 6.07) is 3.67. The fraction of sp³-hybridized carbons (Fsp3) is 0.182. The number of nitrogens with two attached hydrogens (primary N) is 1. The fourth-order valence-electron chi connectivity index (χ4n) is 1.06. The molecule has 80 valence electrons. The van der Waals surface area contributed by atoms with Crippen LogP contribution in [0.15, 0.2) is 30.9 Å². The van der Waals surface area contributed by atoms with E-state index in [1.165, 1.54) is 18.2 Å². The van der Waals surface area contributed by atoms with E-state index in [0.29, 0.717) is 5.69 Å². The third-order valence-corrected chi connectivity index (χ3v) is 1.95. The molecule has 1 amide bonds. The van der Waals surface area contributed by atoms with Gasteiger partial charge in [0.2, 0.25) is 0 Å². The summed E-state index contributed by atoms with van der Waals surface area (Å²) in [6.07, 6.45) is 1.56. The van der Waals surface area contributed by atoms with E-state index in [1.807, 2.05) is 0 Å². The first kappa shape index (κ1) is 11.2. The van der Waals surface area contributed by atoms with Crippen molar-refractivity contribution < 1.29 is 9.18 Å². The minimum Gasteiger partial charge on any atom is -0.399 e. The highest BCUT2D eigenvalue weighted by atomic mass is 19.1. The topological polar surface area (TPSA) is 55.1 Å². The van der Waals surface area contributed by atoms with Gasteiger partial charge in [0.05, 0.1) is 5.56 Å². The lowest BCUT2D eigenvalue weighted by molar-refractivity contribution is 0.0943. The Hall–Kier alpha value is -1.84. The second-order valence-corrected chi connectivity index (χ2v) is 3.24. The average molecular weight is 208 g/mol. The molecular formula is C11H13FN2O. The van der Waals surface area contributed by atoms with E-state index in [9.17, 15) is 9.18 Å². The number of hydrogen-bond donors (Lipinski definition) is 2. The number of nitrogens with one attached hydrogen (secondary N) is 1. The summed E-state index contributed by atoms with van der Waals surface area (Å²) < 4.78 is 13.2. The minimum absolute atomic E-state index is 0.0521. The van der Waals surface area contributed by atoms with Gasteiger partial charge < -0.3 is 11.1 Å². The molecule has 15 heavy (non-hydrogen) atoms. The molecule has 0 aliphatic rings. The highest BCUT2D eigenvalue weighted by Gasteiger charge is 2.12. The summed E-state index contributed by atoms with van der Waals surface area (Å²) in [5, 5.41) is 2.56. The molecule has 4 heteroatoms. The number of benzene rings is 1. The van der Waals surface area contributed by atoms with Gasteiger partial charge in [-0.2, -0.15) is 0 Å². The van der Waals surface area contributed by atoms with Crippen molar-refractivity contribution in [2.75, 3.05) is 5.73 Å². The van der Waals surface area contributed by atoms with Gasteiger partial charge in [-0.05, 0) is 25.1 Å². The third kappa shape index (κ3) is 2.80. The van der Waals surface area contributed by atoms with Crippen LogP contribution in [0.1, 0.15) is 17.3 Å². The van der Waals surface area contributed by atoms with Gasteiger partial charge in [0, 0.05) is 11.7 Å². The molecule has 0 aliphatic heterocycles. The first-order valence-corrected chi connectivity index (χ1v) is 4.53. The van der Waals surface area contributed by atoms with Crippen molar-refractivity contribution in [2.45, 2.75) is 13.0 Å². The molecule has 0 saturated carbocycles. The predicted octanol–water partition coefficient (Wildman–Crippen LogP) is 1.71. The Kier molecular flexibility index (Phi) is 3.44. The van der Waals surface area contributed by atoms with E-state index in [0.717, 1.165) is 0 Å². The van der Waals surface area contributed by atoms with Gasteiger partial charge in [0.25, 0.3) is 5.91 Å². The van der Waals surface area contributed by atoms with E-state index in [2.05, 4.69) is 11.9 Å². The summed E-state index contributed by atoms with van der Waals surface area (Å²) >= 11 is 0. The summed E-state index contributed by atoms with van der Waals surface area (Å²) in [7, 11) is 0. The maximum Gasteiger partial charge on any atom is 0.254 e. The molecule has 0 radical (unpaired) electrons. The second kappa shape index (κ2) is 4.59. The van der Waals surface area contributed by atoms with E-state index >= 15 is 0 Å². The second-order valence-electron chi connectivity index (χ2n) is 3.24. The molecule has 0 aromatic heterocycles. The van der Waals surface area contributed by atoms with Crippen LogP contribution in [-0.4, -0.2) is 11.9 Å². The molecule has 0 bridgehead atoms. The molecule has 3 nitrogen and oxygen atoms in total. The molecular weight excluding hydrogens is 195 g/mol. The number of nitrogen functional groups attached to an aromatic ring is 1. The van der Waals surface area contributed by atoms with Gasteiger partial charge in [0.15, 0.2) is 0 Å². The smallest absolute Gasteiger partial charge is 0.254 e. The normalized spacial score (nSPS) is 11.9. The van der Waals surface area contributed by atoms with Crippen molar-refractivity contribution in [1.82, 2.24) is 5.32 Å². The standard InChI is InChI=1S/C11H13FN2O/c1-3-7(2)14-11(15)9-6-8(13)4-5-10(9)12/h3-7H,1,13H2,2H3,(H,14,15). The number of carbonyl (C=O) groups is 1. The summed E-state index contributed by atoms with van der Waals surface area (Å²) in [5.41, 5.74) is 5.76. The van der Waals surface area contributed by atoms with Crippen molar-refractivity contribution >= 4 is 11.6 Å². The Balaban J connectivity index is 2.90. The van der Waals surface area contributed by atoms with Crippen LogP contribution in [0.3, 0.4) is 0 Å². The van der Waals surface area contributed by atoms with Gasteiger partial charge in [-0.3, -0.25) is 4.79 Å². The van der Waals surface area contributed by atoms with Crippen molar-refractivity contribution in [3.63, 3.8) is 0 Å². The quantitative estimate of drug-likeness (QED) is 0.587. The van der Waals surface area contributed by atoms with Gasteiger partial charge in [-0.15, -0.1) is 6.58 Å². The molecule has 0 aliphatic carbocycles. The van der Waals surface area contributed by atoms with Crippen molar-refractivity contribution in [3.05, 3.63) is 42.2 Å². The van der Waals surface area contributed by atoms with Gasteiger partial charge in [-0.25, -0.2) is 4.39 Å². The van der Waals surface area contributed by atoms with E-state index in [4.69, 9.17) is 5.73 Å². The Morgan fingerprint density at radius 1 is 1.67 bits per heavy atom. The molecule has 0 spiro atoms. The predicted molar refractivity (Wildman–Crippen MR) is 57.9 cm³/mol. The average Bonchev–Trinajstić information content (AvgIpc) is 2.21. The number of rotatable bonds is 3. The molecule has 1 rings (SSSR count). The van der Waals surface area contributed by atoms with E-state index < -0.39 is 11.7 Å². The first-order valence-electron chi connectivity index (χ1n) is 4.53. The van der Waals surface area contributed by atoms with Crippen LogP contribution in [0.4, 0.5) is 10.1 Å². The van der Waals surface area contributed by atoms with Crippen LogP contribution in [-0.2, 0) is 0 Å². The maximum atomic E-state index is 13.2. The number of amides is 1. The molecule has 0 heterocycles. The Morgan fingerprint density at radius 2 is 2.33 bits per heavy atom. The maximum absolute atomic E-state index is 13.2. The fourth-order valence-corrected chi connectivity index (χ4v) is 1.06. The molecule has 0 fully saturated rings. The zero-order valence-electron chi connectivity index (χ0n) is 8.46. The largest absolute Gasteiger partial charge is 0.399 e. The van der Waals surface area contributed by atoms with Crippen molar-refractivity contribution in [1.29, 1.82) is 0 Å². The minimum atomic E-state index is -0.585. The van der Waals surface area contributed by atoms with Crippen LogP contribution in [0.25, 0.3) is 0 Å². The number of hydrogen-bond acceptors (Lipinski definition) is 2. The first-order chi connectivity index (χ1) is 7.04. The number of halogens is 1. The summed E-state index contributed by atoms with van der Waals surface area (Å²) in [6.45, 7) is 5.26. The van der Waals surface area contributed by atoms with E-state index in [-0.39, 0.29) is 11.6 Å². The third-order valence-electron chi connectivity index (χ3n) is 1.95. The van der Waals surface area contributed by atoms with Crippen LogP contribution >= 0.6 is 0 Å². The van der Waals surface area contributed by atoms with Gasteiger partial charge in [0.1, 0.15) is 5.82 Å². The van der Waals surface area contributed by atoms with Crippen molar-refractivity contribution in [3.8, 4) is 0 Å². The highest BCUT2D eigenvalue weighted by molar-refractivity contribution is 5.95. The molecule has 1 unspecified atom stereocenters. The number of carbonyl (C=O) groups excluding carboxylic acids is 1.